The molecule has 0 aliphatic rings. The van der Waals surface area contributed by atoms with E-state index < -0.39 is 0 Å². The quantitative estimate of drug-likeness (QED) is 0.810. The van der Waals surface area contributed by atoms with Gasteiger partial charge in [-0.1, -0.05) is 31.5 Å². The normalized spacial score (nSPS) is 14.6. The Hall–Kier alpha value is -0.860. The van der Waals surface area contributed by atoms with Crippen molar-refractivity contribution in [1.29, 1.82) is 0 Å². The standard InChI is InChI=1S/C18H32N2/c1-8-20(9-2)12-16(6)19-17(7)18-14(4)10-13(3)11-15(18)5/h10-11,16-17,19H,8-9,12H2,1-7H3. The molecule has 1 aromatic rings. The lowest BCUT2D eigenvalue weighted by Crippen LogP contribution is -2.40. The summed E-state index contributed by atoms with van der Waals surface area (Å²) in [6.07, 6.45) is 0. The van der Waals surface area contributed by atoms with Crippen LogP contribution in [0.25, 0.3) is 0 Å². The van der Waals surface area contributed by atoms with E-state index in [0.717, 1.165) is 19.6 Å². The van der Waals surface area contributed by atoms with Crippen LogP contribution < -0.4 is 5.32 Å². The van der Waals surface area contributed by atoms with E-state index in [1.54, 1.807) is 0 Å². The third kappa shape index (κ3) is 4.60. The molecule has 1 rings (SSSR count). The van der Waals surface area contributed by atoms with Crippen molar-refractivity contribution in [3.05, 3.63) is 34.4 Å². The van der Waals surface area contributed by atoms with E-state index in [1.165, 1.54) is 22.3 Å². The Balaban J connectivity index is 2.74. The molecular weight excluding hydrogens is 244 g/mol. The van der Waals surface area contributed by atoms with E-state index in [1.807, 2.05) is 0 Å². The van der Waals surface area contributed by atoms with Crippen molar-refractivity contribution in [3.8, 4) is 0 Å². The monoisotopic (exact) mass is 276 g/mol. The highest BCUT2D eigenvalue weighted by molar-refractivity contribution is 5.39. The average molecular weight is 276 g/mol. The van der Waals surface area contributed by atoms with E-state index in [4.69, 9.17) is 0 Å². The van der Waals surface area contributed by atoms with Crippen LogP contribution in [0.4, 0.5) is 0 Å². The van der Waals surface area contributed by atoms with Crippen LogP contribution in [-0.4, -0.2) is 30.6 Å². The number of likely N-dealkylation sites (N-methyl/N-ethyl adjacent to an activating group) is 1. The first kappa shape index (κ1) is 17.2. The first-order valence-electron chi connectivity index (χ1n) is 7.95. The van der Waals surface area contributed by atoms with E-state index in [-0.39, 0.29) is 0 Å². The predicted octanol–water partition coefficient (Wildman–Crippen LogP) is 3.99. The molecule has 2 unspecified atom stereocenters. The molecule has 1 aromatic carbocycles. The molecule has 0 aliphatic carbocycles. The number of hydrogen-bond donors (Lipinski definition) is 1. The SMILES string of the molecule is CCN(CC)CC(C)NC(C)c1c(C)cc(C)cc1C. The van der Waals surface area contributed by atoms with Gasteiger partial charge in [0.2, 0.25) is 0 Å². The molecule has 2 nitrogen and oxygen atoms in total. The van der Waals surface area contributed by atoms with Crippen molar-refractivity contribution >= 4 is 0 Å². The smallest absolute Gasteiger partial charge is 0.0300 e. The summed E-state index contributed by atoms with van der Waals surface area (Å²) in [7, 11) is 0. The maximum absolute atomic E-state index is 3.75. The highest BCUT2D eigenvalue weighted by atomic mass is 15.1. The fraction of sp³-hybridized carbons (Fsp3) is 0.667. The van der Waals surface area contributed by atoms with Crippen molar-refractivity contribution in [2.24, 2.45) is 0 Å². The summed E-state index contributed by atoms with van der Waals surface area (Å²) in [6, 6.07) is 5.48. The van der Waals surface area contributed by atoms with Gasteiger partial charge in [0, 0.05) is 18.6 Å². The van der Waals surface area contributed by atoms with Gasteiger partial charge in [0.1, 0.15) is 0 Å². The predicted molar refractivity (Wildman–Crippen MR) is 89.5 cm³/mol. The average Bonchev–Trinajstić information content (AvgIpc) is 2.34. The first-order chi connectivity index (χ1) is 9.38. The second kappa shape index (κ2) is 7.80. The molecule has 0 spiro atoms. The molecule has 0 saturated heterocycles. The zero-order valence-electron chi connectivity index (χ0n) is 14.4. The molecule has 2 atom stereocenters. The van der Waals surface area contributed by atoms with Crippen molar-refractivity contribution < 1.29 is 0 Å². The van der Waals surface area contributed by atoms with Gasteiger partial charge in [-0.2, -0.15) is 0 Å². The molecular formula is C18H32N2. The van der Waals surface area contributed by atoms with Gasteiger partial charge >= 0.3 is 0 Å². The summed E-state index contributed by atoms with van der Waals surface area (Å²) < 4.78 is 0. The molecule has 20 heavy (non-hydrogen) atoms. The fourth-order valence-electron chi connectivity index (χ4n) is 3.31. The van der Waals surface area contributed by atoms with E-state index in [0.29, 0.717) is 12.1 Å². The third-order valence-corrected chi connectivity index (χ3v) is 4.13. The molecule has 0 aromatic heterocycles. The van der Waals surface area contributed by atoms with Crippen LogP contribution in [-0.2, 0) is 0 Å². The fourth-order valence-corrected chi connectivity index (χ4v) is 3.31. The summed E-state index contributed by atoms with van der Waals surface area (Å²) in [5.41, 5.74) is 5.62. The van der Waals surface area contributed by atoms with Gasteiger partial charge in [-0.3, -0.25) is 0 Å². The number of nitrogens with zero attached hydrogens (tertiary/aromatic N) is 1. The third-order valence-electron chi connectivity index (χ3n) is 4.13. The van der Waals surface area contributed by atoms with Gasteiger partial charge < -0.3 is 10.2 Å². The Labute approximate surface area is 125 Å². The van der Waals surface area contributed by atoms with Crippen molar-refractivity contribution in [2.75, 3.05) is 19.6 Å². The van der Waals surface area contributed by atoms with Gasteiger partial charge in [-0.15, -0.1) is 0 Å². The maximum Gasteiger partial charge on any atom is 0.0300 e. The van der Waals surface area contributed by atoms with Crippen LogP contribution in [0, 0.1) is 20.8 Å². The molecule has 114 valence electrons. The lowest BCUT2D eigenvalue weighted by atomic mass is 9.94. The Bertz CT molecular complexity index is 398. The summed E-state index contributed by atoms with van der Waals surface area (Å²) >= 11 is 0. The molecule has 0 amide bonds. The van der Waals surface area contributed by atoms with Crippen LogP contribution in [0.5, 0.6) is 0 Å². The van der Waals surface area contributed by atoms with E-state index in [9.17, 15) is 0 Å². The minimum atomic E-state index is 0.404. The minimum Gasteiger partial charge on any atom is -0.306 e. The van der Waals surface area contributed by atoms with Gasteiger partial charge in [-0.25, -0.2) is 0 Å². The molecule has 0 saturated carbocycles. The Morgan fingerprint density at radius 3 is 1.95 bits per heavy atom. The summed E-state index contributed by atoms with van der Waals surface area (Å²) in [5.74, 6) is 0. The van der Waals surface area contributed by atoms with E-state index >= 15 is 0 Å². The van der Waals surface area contributed by atoms with Crippen LogP contribution in [0.3, 0.4) is 0 Å². The zero-order valence-corrected chi connectivity index (χ0v) is 14.4. The second-order valence-electron chi connectivity index (χ2n) is 6.09. The minimum absolute atomic E-state index is 0.404. The number of hydrogen-bond acceptors (Lipinski definition) is 2. The zero-order chi connectivity index (χ0) is 15.3. The molecule has 1 N–H and O–H groups in total. The molecule has 0 bridgehead atoms. The molecule has 2 heteroatoms. The van der Waals surface area contributed by atoms with Crippen molar-refractivity contribution in [2.45, 2.75) is 60.5 Å². The van der Waals surface area contributed by atoms with E-state index in [2.05, 4.69) is 70.8 Å². The topological polar surface area (TPSA) is 15.3 Å². The largest absolute Gasteiger partial charge is 0.306 e. The van der Waals surface area contributed by atoms with Crippen LogP contribution in [0.1, 0.15) is 56.0 Å². The first-order valence-corrected chi connectivity index (χ1v) is 7.95. The highest BCUT2D eigenvalue weighted by Gasteiger charge is 2.15. The Kier molecular flexibility index (Phi) is 6.70. The number of rotatable bonds is 7. The Morgan fingerprint density at radius 1 is 1.00 bits per heavy atom. The maximum atomic E-state index is 3.75. The van der Waals surface area contributed by atoms with Gasteiger partial charge in [0.25, 0.3) is 0 Å². The number of nitrogens with one attached hydrogen (secondary N) is 1. The van der Waals surface area contributed by atoms with Crippen LogP contribution in [0.2, 0.25) is 0 Å². The molecule has 0 fully saturated rings. The summed E-state index contributed by atoms with van der Waals surface area (Å²) in [5, 5.41) is 3.75. The number of aryl methyl sites for hydroxylation is 3. The Morgan fingerprint density at radius 2 is 1.50 bits per heavy atom. The van der Waals surface area contributed by atoms with Crippen LogP contribution >= 0.6 is 0 Å². The highest BCUT2D eigenvalue weighted by Crippen LogP contribution is 2.23. The number of benzene rings is 1. The molecule has 0 aliphatic heterocycles. The summed E-state index contributed by atoms with van der Waals surface area (Å²) in [6.45, 7) is 19.0. The molecule has 0 heterocycles. The second-order valence-corrected chi connectivity index (χ2v) is 6.09. The van der Waals surface area contributed by atoms with Gasteiger partial charge in [0.15, 0.2) is 0 Å². The lowest BCUT2D eigenvalue weighted by molar-refractivity contribution is 0.263. The van der Waals surface area contributed by atoms with Crippen LogP contribution in [0.15, 0.2) is 12.1 Å². The molecule has 0 radical (unpaired) electrons. The van der Waals surface area contributed by atoms with Crippen molar-refractivity contribution in [3.63, 3.8) is 0 Å². The van der Waals surface area contributed by atoms with Gasteiger partial charge in [-0.05, 0) is 64.4 Å². The summed E-state index contributed by atoms with van der Waals surface area (Å²) in [4.78, 5) is 2.47. The van der Waals surface area contributed by atoms with Crippen molar-refractivity contribution in [1.82, 2.24) is 10.2 Å². The lowest BCUT2D eigenvalue weighted by Gasteiger charge is -2.28. The van der Waals surface area contributed by atoms with Gasteiger partial charge in [0.05, 0.1) is 0 Å².